The minimum absolute atomic E-state index is 0.128. The fourth-order valence-electron chi connectivity index (χ4n) is 3.55. The number of fused-ring (bicyclic) bond motifs is 1. The Morgan fingerprint density at radius 2 is 1.69 bits per heavy atom. The van der Waals surface area contributed by atoms with Gasteiger partial charge in [-0.2, -0.15) is 0 Å². The standard InChI is InChI=1S/C28H24N2O2/c1-20-8-7-9-21(16-20)12-13-22-14-15-26-25(17-22)24(23-10-5-4-6-11-23)18-27(29-26)30(2)19-28(31)32-3/h4-11,14-18H,19H2,1-3H3. The molecule has 1 heterocycles. The molecule has 4 nitrogen and oxygen atoms in total. The van der Waals surface area contributed by atoms with Crippen molar-refractivity contribution in [2.24, 2.45) is 0 Å². The molecule has 0 saturated heterocycles. The monoisotopic (exact) mass is 420 g/mol. The fraction of sp³-hybridized carbons (Fsp3) is 0.143. The molecule has 0 N–H and O–H groups in total. The summed E-state index contributed by atoms with van der Waals surface area (Å²) in [7, 11) is 3.22. The lowest BCUT2D eigenvalue weighted by Gasteiger charge is -2.19. The van der Waals surface area contributed by atoms with Crippen LogP contribution in [0.5, 0.6) is 0 Å². The molecule has 0 amide bonds. The first kappa shape index (κ1) is 21.1. The number of aromatic nitrogens is 1. The average molecular weight is 421 g/mol. The molecule has 4 heteroatoms. The Morgan fingerprint density at radius 3 is 2.41 bits per heavy atom. The van der Waals surface area contributed by atoms with Crippen LogP contribution in [-0.4, -0.2) is 31.7 Å². The number of likely N-dealkylation sites (N-methyl/N-ethyl adjacent to an activating group) is 1. The molecule has 158 valence electrons. The number of esters is 1. The number of nitrogens with zero attached hydrogens (tertiary/aromatic N) is 2. The Hall–Kier alpha value is -4.10. The van der Waals surface area contributed by atoms with E-state index in [-0.39, 0.29) is 12.5 Å². The van der Waals surface area contributed by atoms with Crippen molar-refractivity contribution in [2.75, 3.05) is 25.6 Å². The number of ether oxygens (including phenoxy) is 1. The summed E-state index contributed by atoms with van der Waals surface area (Å²) in [6.07, 6.45) is 0. The molecule has 0 saturated carbocycles. The first-order valence-electron chi connectivity index (χ1n) is 10.4. The largest absolute Gasteiger partial charge is 0.468 e. The highest BCUT2D eigenvalue weighted by Gasteiger charge is 2.13. The summed E-state index contributed by atoms with van der Waals surface area (Å²) in [5.74, 6) is 6.93. The van der Waals surface area contributed by atoms with Crippen molar-refractivity contribution in [3.63, 3.8) is 0 Å². The molecular formula is C28H24N2O2. The number of pyridine rings is 1. The number of benzene rings is 3. The molecule has 0 aliphatic rings. The minimum Gasteiger partial charge on any atom is -0.468 e. The van der Waals surface area contributed by atoms with Gasteiger partial charge in [-0.15, -0.1) is 0 Å². The molecule has 0 aliphatic carbocycles. The SMILES string of the molecule is COC(=O)CN(C)c1cc(-c2ccccc2)c2cc(C#Cc3cccc(C)c3)ccc2n1. The predicted octanol–water partition coefficient (Wildman–Crippen LogP) is 5.22. The third-order valence-corrected chi connectivity index (χ3v) is 5.23. The molecule has 4 aromatic rings. The first-order valence-corrected chi connectivity index (χ1v) is 10.4. The Balaban J connectivity index is 1.81. The van der Waals surface area contributed by atoms with Gasteiger partial charge >= 0.3 is 5.97 Å². The van der Waals surface area contributed by atoms with Crippen LogP contribution in [0.1, 0.15) is 16.7 Å². The van der Waals surface area contributed by atoms with Gasteiger partial charge in [-0.05, 0) is 60.0 Å². The Morgan fingerprint density at radius 1 is 0.938 bits per heavy atom. The van der Waals surface area contributed by atoms with Crippen LogP contribution in [0.4, 0.5) is 5.82 Å². The van der Waals surface area contributed by atoms with Crippen molar-refractivity contribution in [1.29, 1.82) is 0 Å². The van der Waals surface area contributed by atoms with E-state index in [1.54, 1.807) is 4.90 Å². The lowest BCUT2D eigenvalue weighted by molar-refractivity contribution is -0.138. The lowest BCUT2D eigenvalue weighted by Crippen LogP contribution is -2.27. The summed E-state index contributed by atoms with van der Waals surface area (Å²) in [5, 5.41) is 1.02. The summed E-state index contributed by atoms with van der Waals surface area (Å²) < 4.78 is 4.81. The Bertz CT molecular complexity index is 1330. The van der Waals surface area contributed by atoms with Crippen molar-refractivity contribution >= 4 is 22.7 Å². The van der Waals surface area contributed by atoms with Crippen LogP contribution in [0.15, 0.2) is 78.9 Å². The van der Waals surface area contributed by atoms with Gasteiger partial charge in [0.25, 0.3) is 0 Å². The van der Waals surface area contributed by atoms with E-state index >= 15 is 0 Å². The van der Waals surface area contributed by atoms with Crippen LogP contribution < -0.4 is 4.90 Å². The van der Waals surface area contributed by atoms with Crippen molar-refractivity contribution < 1.29 is 9.53 Å². The van der Waals surface area contributed by atoms with Crippen LogP contribution >= 0.6 is 0 Å². The maximum atomic E-state index is 11.8. The van der Waals surface area contributed by atoms with Crippen LogP contribution in [0.2, 0.25) is 0 Å². The third kappa shape index (κ3) is 4.79. The number of methoxy groups -OCH3 is 1. The quantitative estimate of drug-likeness (QED) is 0.335. The Labute approximate surface area is 188 Å². The van der Waals surface area contributed by atoms with E-state index in [2.05, 4.69) is 49.1 Å². The maximum absolute atomic E-state index is 11.8. The van der Waals surface area contributed by atoms with Gasteiger partial charge in [-0.1, -0.05) is 54.3 Å². The molecule has 0 spiro atoms. The van der Waals surface area contributed by atoms with Crippen LogP contribution in [-0.2, 0) is 9.53 Å². The molecule has 1 aromatic heterocycles. The van der Waals surface area contributed by atoms with Crippen molar-refractivity contribution in [2.45, 2.75) is 6.92 Å². The number of rotatable bonds is 4. The van der Waals surface area contributed by atoms with Crippen molar-refractivity contribution in [3.8, 4) is 23.0 Å². The van der Waals surface area contributed by atoms with Gasteiger partial charge in [0.15, 0.2) is 0 Å². The van der Waals surface area contributed by atoms with E-state index in [9.17, 15) is 4.79 Å². The van der Waals surface area contributed by atoms with E-state index in [0.717, 1.165) is 33.2 Å². The number of carbonyl (C=O) groups is 1. The smallest absolute Gasteiger partial charge is 0.325 e. The predicted molar refractivity (Wildman–Crippen MR) is 130 cm³/mol. The Kier molecular flexibility index (Phi) is 6.19. The zero-order valence-electron chi connectivity index (χ0n) is 18.4. The second-order valence-corrected chi connectivity index (χ2v) is 7.68. The number of anilines is 1. The normalized spacial score (nSPS) is 10.3. The number of hydrogen-bond donors (Lipinski definition) is 0. The van der Waals surface area contributed by atoms with Gasteiger partial charge in [0, 0.05) is 23.6 Å². The molecule has 0 fully saturated rings. The fourth-order valence-corrected chi connectivity index (χ4v) is 3.55. The second kappa shape index (κ2) is 9.36. The topological polar surface area (TPSA) is 42.4 Å². The molecule has 0 atom stereocenters. The zero-order chi connectivity index (χ0) is 22.5. The highest BCUT2D eigenvalue weighted by atomic mass is 16.5. The van der Waals surface area contributed by atoms with Gasteiger partial charge in [-0.25, -0.2) is 4.98 Å². The maximum Gasteiger partial charge on any atom is 0.325 e. The van der Waals surface area contributed by atoms with E-state index < -0.39 is 0 Å². The van der Waals surface area contributed by atoms with Gasteiger partial charge in [0.05, 0.1) is 12.6 Å². The summed E-state index contributed by atoms with van der Waals surface area (Å²) in [5.41, 5.74) is 6.08. The van der Waals surface area contributed by atoms with Gasteiger partial charge < -0.3 is 9.64 Å². The van der Waals surface area contributed by atoms with Gasteiger partial charge in [-0.3, -0.25) is 4.79 Å². The highest BCUT2D eigenvalue weighted by Crippen LogP contribution is 2.31. The van der Waals surface area contributed by atoms with E-state index in [4.69, 9.17) is 9.72 Å². The number of hydrogen-bond acceptors (Lipinski definition) is 4. The summed E-state index contributed by atoms with van der Waals surface area (Å²) in [6, 6.07) is 26.4. The van der Waals surface area contributed by atoms with Gasteiger partial charge in [0.2, 0.25) is 0 Å². The lowest BCUT2D eigenvalue weighted by atomic mass is 9.99. The molecule has 0 unspecified atom stereocenters. The first-order chi connectivity index (χ1) is 15.5. The number of aryl methyl sites for hydroxylation is 1. The van der Waals surface area contributed by atoms with Crippen molar-refractivity contribution in [3.05, 3.63) is 95.6 Å². The van der Waals surface area contributed by atoms with E-state index in [1.807, 2.05) is 55.6 Å². The van der Waals surface area contributed by atoms with Crippen LogP contribution in [0, 0.1) is 18.8 Å². The number of carbonyl (C=O) groups excluding carboxylic acids is 1. The molecule has 0 aliphatic heterocycles. The third-order valence-electron chi connectivity index (χ3n) is 5.23. The highest BCUT2D eigenvalue weighted by molar-refractivity contribution is 5.97. The molecule has 0 radical (unpaired) electrons. The summed E-state index contributed by atoms with van der Waals surface area (Å²) >= 11 is 0. The minimum atomic E-state index is -0.308. The molecule has 0 bridgehead atoms. The van der Waals surface area contributed by atoms with E-state index in [0.29, 0.717) is 5.82 Å². The van der Waals surface area contributed by atoms with Crippen molar-refractivity contribution in [1.82, 2.24) is 4.98 Å². The van der Waals surface area contributed by atoms with Gasteiger partial charge in [0.1, 0.15) is 12.4 Å². The molecular weight excluding hydrogens is 396 g/mol. The summed E-state index contributed by atoms with van der Waals surface area (Å²) in [6.45, 7) is 2.19. The average Bonchev–Trinajstić information content (AvgIpc) is 2.82. The van der Waals surface area contributed by atoms with E-state index in [1.165, 1.54) is 12.7 Å². The molecule has 3 aromatic carbocycles. The zero-order valence-corrected chi connectivity index (χ0v) is 18.4. The molecule has 4 rings (SSSR count). The molecule has 32 heavy (non-hydrogen) atoms. The van der Waals surface area contributed by atoms with Crippen LogP contribution in [0.3, 0.4) is 0 Å². The summed E-state index contributed by atoms with van der Waals surface area (Å²) in [4.78, 5) is 18.3. The second-order valence-electron chi connectivity index (χ2n) is 7.68. The van der Waals surface area contributed by atoms with Crippen LogP contribution in [0.25, 0.3) is 22.0 Å².